The molecule has 4 nitrogen and oxygen atoms in total. The van der Waals surface area contributed by atoms with Crippen LogP contribution in [0.25, 0.3) is 0 Å². The maximum Gasteiger partial charge on any atom is 0.183 e. The van der Waals surface area contributed by atoms with Crippen LogP contribution in [0.4, 0.5) is 5.82 Å². The smallest absolute Gasteiger partial charge is 0.183 e. The van der Waals surface area contributed by atoms with Crippen LogP contribution in [-0.2, 0) is 0 Å². The summed E-state index contributed by atoms with van der Waals surface area (Å²) in [4.78, 5) is 14.1. The number of nitrogens with zero attached hydrogens (tertiary/aromatic N) is 3. The maximum absolute atomic E-state index is 11.8. The molecule has 0 unspecified atom stereocenters. The van der Waals surface area contributed by atoms with E-state index in [1.807, 2.05) is 19.1 Å². The van der Waals surface area contributed by atoms with Gasteiger partial charge in [-0.3, -0.25) is 4.79 Å². The molecule has 1 aromatic rings. The van der Waals surface area contributed by atoms with E-state index in [-0.39, 0.29) is 5.78 Å². The van der Waals surface area contributed by atoms with Gasteiger partial charge in [-0.25, -0.2) is 0 Å². The molecule has 0 aliphatic carbocycles. The lowest BCUT2D eigenvalue weighted by molar-refractivity contribution is 0.0976. The Hall–Kier alpha value is -1.45. The van der Waals surface area contributed by atoms with Gasteiger partial charge < -0.3 is 4.90 Å². The summed E-state index contributed by atoms with van der Waals surface area (Å²) in [6.45, 7) is 8.69. The first kappa shape index (κ1) is 15.9. The summed E-state index contributed by atoms with van der Waals surface area (Å²) in [6.07, 6.45) is 5.19. The topological polar surface area (TPSA) is 46.1 Å². The van der Waals surface area contributed by atoms with E-state index in [2.05, 4.69) is 28.9 Å². The summed E-state index contributed by atoms with van der Waals surface area (Å²) in [7, 11) is 0. The van der Waals surface area contributed by atoms with E-state index >= 15 is 0 Å². The minimum absolute atomic E-state index is 0.0900. The van der Waals surface area contributed by atoms with Crippen LogP contribution >= 0.6 is 0 Å². The van der Waals surface area contributed by atoms with Crippen molar-refractivity contribution in [1.82, 2.24) is 10.2 Å². The first-order chi connectivity index (χ1) is 10.1. The van der Waals surface area contributed by atoms with Crippen molar-refractivity contribution in [2.45, 2.75) is 52.9 Å². The highest BCUT2D eigenvalue weighted by molar-refractivity contribution is 5.94. The van der Waals surface area contributed by atoms with Crippen molar-refractivity contribution in [3.63, 3.8) is 0 Å². The third-order valence-electron chi connectivity index (χ3n) is 4.16. The number of carbonyl (C=O) groups is 1. The Morgan fingerprint density at radius 2 is 2.00 bits per heavy atom. The molecule has 1 saturated heterocycles. The van der Waals surface area contributed by atoms with Crippen LogP contribution in [0.5, 0.6) is 0 Å². The molecule has 0 aromatic carbocycles. The van der Waals surface area contributed by atoms with Gasteiger partial charge >= 0.3 is 0 Å². The van der Waals surface area contributed by atoms with E-state index in [9.17, 15) is 4.79 Å². The van der Waals surface area contributed by atoms with Gasteiger partial charge in [0.1, 0.15) is 5.69 Å². The number of anilines is 1. The Kier molecular flexibility index (Phi) is 5.71. The second-order valence-corrected chi connectivity index (χ2v) is 6.51. The average Bonchev–Trinajstić information content (AvgIpc) is 2.48. The molecule has 1 aliphatic rings. The predicted molar refractivity (Wildman–Crippen MR) is 85.7 cm³/mol. The molecular formula is C17H27N3O. The van der Waals surface area contributed by atoms with Gasteiger partial charge in [0.15, 0.2) is 11.6 Å². The molecule has 0 saturated carbocycles. The zero-order valence-electron chi connectivity index (χ0n) is 13.5. The van der Waals surface area contributed by atoms with E-state index in [1.54, 1.807) is 0 Å². The molecule has 0 N–H and O–H groups in total. The quantitative estimate of drug-likeness (QED) is 0.749. The Morgan fingerprint density at radius 1 is 1.29 bits per heavy atom. The molecule has 2 heterocycles. The summed E-state index contributed by atoms with van der Waals surface area (Å²) < 4.78 is 0. The van der Waals surface area contributed by atoms with Crippen LogP contribution in [-0.4, -0.2) is 29.1 Å². The highest BCUT2D eigenvalue weighted by Gasteiger charge is 2.21. The molecule has 2 rings (SSSR count). The molecule has 0 spiro atoms. The van der Waals surface area contributed by atoms with Crippen LogP contribution in [0.3, 0.4) is 0 Å². The number of carbonyl (C=O) groups excluding carboxylic acids is 1. The molecule has 1 fully saturated rings. The Balaban J connectivity index is 1.90. The maximum atomic E-state index is 11.8. The van der Waals surface area contributed by atoms with Crippen LogP contribution in [0.15, 0.2) is 12.1 Å². The Bertz CT molecular complexity index is 448. The number of piperidine rings is 1. The van der Waals surface area contributed by atoms with E-state index in [4.69, 9.17) is 0 Å². The third kappa shape index (κ3) is 4.51. The minimum atomic E-state index is 0.0900. The minimum Gasteiger partial charge on any atom is -0.355 e. The second kappa shape index (κ2) is 7.53. The van der Waals surface area contributed by atoms with Gasteiger partial charge in [0.25, 0.3) is 0 Å². The Morgan fingerprint density at radius 3 is 2.52 bits per heavy atom. The van der Waals surface area contributed by atoms with Crippen LogP contribution < -0.4 is 4.90 Å². The van der Waals surface area contributed by atoms with Crippen molar-refractivity contribution >= 4 is 11.6 Å². The average molecular weight is 289 g/mol. The number of hydrogen-bond donors (Lipinski definition) is 0. The Labute approximate surface area is 127 Å². The molecule has 1 aliphatic heterocycles. The fourth-order valence-corrected chi connectivity index (χ4v) is 3.06. The van der Waals surface area contributed by atoms with Crippen molar-refractivity contribution < 1.29 is 4.79 Å². The summed E-state index contributed by atoms with van der Waals surface area (Å²) in [5.74, 6) is 2.63. The van der Waals surface area contributed by atoms with Crippen molar-refractivity contribution in [3.8, 4) is 0 Å². The van der Waals surface area contributed by atoms with Crippen LogP contribution in [0.2, 0.25) is 0 Å². The van der Waals surface area contributed by atoms with Gasteiger partial charge in [-0.1, -0.05) is 20.8 Å². The summed E-state index contributed by atoms with van der Waals surface area (Å²) >= 11 is 0. The summed E-state index contributed by atoms with van der Waals surface area (Å²) in [6, 6.07) is 3.76. The number of Topliss-reactive ketones (excluding diaryl/α,β-unsaturated/α-hetero) is 1. The third-order valence-corrected chi connectivity index (χ3v) is 4.16. The molecule has 0 radical (unpaired) electrons. The SMILES string of the molecule is CCCC(=O)c1ccc(N2CCC(CC(C)C)CC2)nn1. The zero-order valence-corrected chi connectivity index (χ0v) is 13.5. The number of aromatic nitrogens is 2. The molecular weight excluding hydrogens is 262 g/mol. The number of ketones is 1. The zero-order chi connectivity index (χ0) is 15.2. The van der Waals surface area contributed by atoms with Crippen LogP contribution in [0.1, 0.15) is 63.4 Å². The van der Waals surface area contributed by atoms with Crippen LogP contribution in [0, 0.1) is 11.8 Å². The highest BCUT2D eigenvalue weighted by Crippen LogP contribution is 2.26. The first-order valence-corrected chi connectivity index (χ1v) is 8.22. The van der Waals surface area contributed by atoms with Gasteiger partial charge in [-0.2, -0.15) is 0 Å². The highest BCUT2D eigenvalue weighted by atomic mass is 16.1. The molecule has 0 amide bonds. The van der Waals surface area contributed by atoms with E-state index in [0.29, 0.717) is 12.1 Å². The molecule has 1 aromatic heterocycles. The van der Waals surface area contributed by atoms with Crippen molar-refractivity contribution in [2.24, 2.45) is 11.8 Å². The van der Waals surface area contributed by atoms with Crippen molar-refractivity contribution in [2.75, 3.05) is 18.0 Å². The van der Waals surface area contributed by atoms with Gasteiger partial charge in [0.2, 0.25) is 0 Å². The van der Waals surface area contributed by atoms with E-state index in [0.717, 1.165) is 37.2 Å². The van der Waals surface area contributed by atoms with Gasteiger partial charge in [-0.05, 0) is 49.7 Å². The van der Waals surface area contributed by atoms with E-state index < -0.39 is 0 Å². The molecule has 116 valence electrons. The number of rotatable bonds is 6. The van der Waals surface area contributed by atoms with Gasteiger partial charge in [0, 0.05) is 19.5 Å². The van der Waals surface area contributed by atoms with Crippen molar-refractivity contribution in [1.29, 1.82) is 0 Å². The summed E-state index contributed by atoms with van der Waals surface area (Å²) in [5.41, 5.74) is 0.496. The fourth-order valence-electron chi connectivity index (χ4n) is 3.06. The van der Waals surface area contributed by atoms with Crippen molar-refractivity contribution in [3.05, 3.63) is 17.8 Å². The molecule has 21 heavy (non-hydrogen) atoms. The normalized spacial score (nSPS) is 16.5. The monoisotopic (exact) mass is 289 g/mol. The number of hydrogen-bond acceptors (Lipinski definition) is 4. The standard InChI is InChI=1S/C17H27N3O/c1-4-5-16(21)15-6-7-17(19-18-15)20-10-8-14(9-11-20)12-13(2)3/h6-7,13-14H,4-5,8-12H2,1-3H3. The lowest BCUT2D eigenvalue weighted by Crippen LogP contribution is -2.34. The van der Waals surface area contributed by atoms with Gasteiger partial charge in [-0.15, -0.1) is 10.2 Å². The molecule has 0 bridgehead atoms. The lowest BCUT2D eigenvalue weighted by atomic mass is 9.89. The van der Waals surface area contributed by atoms with Gasteiger partial charge in [0.05, 0.1) is 0 Å². The lowest BCUT2D eigenvalue weighted by Gasteiger charge is -2.33. The second-order valence-electron chi connectivity index (χ2n) is 6.51. The molecule has 4 heteroatoms. The first-order valence-electron chi connectivity index (χ1n) is 8.22. The van der Waals surface area contributed by atoms with E-state index in [1.165, 1.54) is 19.3 Å². The summed E-state index contributed by atoms with van der Waals surface area (Å²) in [5, 5.41) is 8.35. The largest absolute Gasteiger partial charge is 0.355 e. The molecule has 0 atom stereocenters. The predicted octanol–water partition coefficient (Wildman–Crippen LogP) is 3.72. The fraction of sp³-hybridized carbons (Fsp3) is 0.706.